The van der Waals surface area contributed by atoms with Crippen molar-refractivity contribution in [1.82, 2.24) is 4.98 Å². The molecule has 1 heterocycles. The highest BCUT2D eigenvalue weighted by molar-refractivity contribution is 9.10. The third-order valence-corrected chi connectivity index (χ3v) is 3.49. The van der Waals surface area contributed by atoms with Gasteiger partial charge in [0.2, 0.25) is 0 Å². The number of ether oxygens (including phenoxy) is 1. The first-order valence-electron chi connectivity index (χ1n) is 5.01. The summed E-state index contributed by atoms with van der Waals surface area (Å²) in [5, 5.41) is -0.0378. The highest BCUT2D eigenvalue weighted by atomic mass is 79.9. The number of rotatable bonds is 5. The van der Waals surface area contributed by atoms with Crippen molar-refractivity contribution in [3.8, 4) is 0 Å². The van der Waals surface area contributed by atoms with E-state index in [-0.39, 0.29) is 5.38 Å². The van der Waals surface area contributed by atoms with Gasteiger partial charge in [0.05, 0.1) is 16.5 Å². The first-order valence-corrected chi connectivity index (χ1v) is 6.24. The molecule has 0 saturated carbocycles. The van der Waals surface area contributed by atoms with Crippen molar-refractivity contribution in [3.05, 3.63) is 22.3 Å². The molecule has 0 aliphatic rings. The van der Waals surface area contributed by atoms with Crippen LogP contribution in [0.4, 0.5) is 5.82 Å². The van der Waals surface area contributed by atoms with Crippen molar-refractivity contribution >= 4 is 33.3 Å². The largest absolute Gasteiger partial charge is 0.383 e. The Balaban J connectivity index is 2.72. The molecule has 0 aliphatic carbocycles. The maximum absolute atomic E-state index is 6.11. The first kappa shape index (κ1) is 13.7. The second kappa shape index (κ2) is 6.42. The van der Waals surface area contributed by atoms with E-state index in [0.717, 1.165) is 15.9 Å². The fraction of sp³-hybridized carbons (Fsp3) is 0.545. The Morgan fingerprint density at radius 3 is 2.94 bits per heavy atom. The maximum atomic E-state index is 6.11. The lowest BCUT2D eigenvalue weighted by Crippen LogP contribution is -2.29. The highest BCUT2D eigenvalue weighted by Gasteiger charge is 2.13. The number of halogens is 2. The van der Waals surface area contributed by atoms with E-state index in [9.17, 15) is 0 Å². The average molecular weight is 308 g/mol. The summed E-state index contributed by atoms with van der Waals surface area (Å²) in [6.45, 7) is 3.27. The molecule has 5 heteroatoms. The maximum Gasteiger partial charge on any atom is 0.142 e. The third-order valence-electron chi connectivity index (χ3n) is 2.24. The quantitative estimate of drug-likeness (QED) is 0.782. The van der Waals surface area contributed by atoms with Gasteiger partial charge in [-0.05, 0) is 34.5 Å². The van der Waals surface area contributed by atoms with Gasteiger partial charge in [0, 0.05) is 26.9 Å². The van der Waals surface area contributed by atoms with Crippen molar-refractivity contribution in [2.75, 3.05) is 32.2 Å². The van der Waals surface area contributed by atoms with Crippen LogP contribution in [0.2, 0.25) is 0 Å². The molecule has 0 aliphatic heterocycles. The lowest BCUT2D eigenvalue weighted by molar-refractivity contribution is 0.199. The topological polar surface area (TPSA) is 25.4 Å². The van der Waals surface area contributed by atoms with Crippen molar-refractivity contribution in [1.29, 1.82) is 0 Å². The number of anilines is 1. The van der Waals surface area contributed by atoms with Crippen LogP contribution in [0.3, 0.4) is 0 Å². The molecule has 0 aromatic carbocycles. The summed E-state index contributed by atoms with van der Waals surface area (Å²) in [6.07, 6.45) is 1.80. The van der Waals surface area contributed by atoms with Crippen LogP contribution in [0.5, 0.6) is 0 Å². The highest BCUT2D eigenvalue weighted by Crippen LogP contribution is 2.26. The van der Waals surface area contributed by atoms with Gasteiger partial charge in [0.15, 0.2) is 0 Å². The molecule has 16 heavy (non-hydrogen) atoms. The molecule has 90 valence electrons. The van der Waals surface area contributed by atoms with Gasteiger partial charge in [0.1, 0.15) is 5.82 Å². The fourth-order valence-electron chi connectivity index (χ4n) is 1.41. The minimum atomic E-state index is -0.0378. The van der Waals surface area contributed by atoms with Crippen LogP contribution in [-0.4, -0.2) is 37.7 Å². The van der Waals surface area contributed by atoms with Gasteiger partial charge in [-0.15, -0.1) is 11.6 Å². The van der Waals surface area contributed by atoms with Crippen LogP contribution < -0.4 is 4.90 Å². The summed E-state index contributed by atoms with van der Waals surface area (Å²) in [5.74, 6) is 0.904. The molecule has 0 bridgehead atoms. The van der Waals surface area contributed by atoms with Gasteiger partial charge in [-0.2, -0.15) is 0 Å². The molecule has 0 saturated heterocycles. The van der Waals surface area contributed by atoms with E-state index in [4.69, 9.17) is 16.3 Å². The number of hydrogen-bond donors (Lipinski definition) is 0. The Morgan fingerprint density at radius 2 is 2.31 bits per heavy atom. The smallest absolute Gasteiger partial charge is 0.142 e. The molecular weight excluding hydrogens is 291 g/mol. The van der Waals surface area contributed by atoms with Crippen molar-refractivity contribution in [3.63, 3.8) is 0 Å². The van der Waals surface area contributed by atoms with E-state index in [1.807, 2.05) is 24.9 Å². The van der Waals surface area contributed by atoms with E-state index in [1.165, 1.54) is 0 Å². The van der Waals surface area contributed by atoms with Crippen molar-refractivity contribution < 1.29 is 4.74 Å². The van der Waals surface area contributed by atoms with Crippen molar-refractivity contribution in [2.24, 2.45) is 0 Å². The Hall–Kier alpha value is -0.320. The molecule has 1 unspecified atom stereocenters. The number of nitrogens with zero attached hydrogens (tertiary/aromatic N) is 2. The van der Waals surface area contributed by atoms with E-state index < -0.39 is 0 Å². The summed E-state index contributed by atoms with van der Waals surface area (Å²) in [5.41, 5.74) is 1.16. The van der Waals surface area contributed by atoms with Gasteiger partial charge in [-0.3, -0.25) is 0 Å². The summed E-state index contributed by atoms with van der Waals surface area (Å²) in [4.78, 5) is 6.35. The molecule has 0 N–H and O–H groups in total. The number of pyridine rings is 1. The number of hydrogen-bond acceptors (Lipinski definition) is 3. The minimum Gasteiger partial charge on any atom is -0.383 e. The summed E-state index contributed by atoms with van der Waals surface area (Å²) < 4.78 is 6.02. The second-order valence-electron chi connectivity index (χ2n) is 3.70. The molecule has 1 atom stereocenters. The summed E-state index contributed by atoms with van der Waals surface area (Å²) in [6, 6.07) is 1.97. The number of aromatic nitrogens is 1. The second-order valence-corrected chi connectivity index (χ2v) is 5.11. The van der Waals surface area contributed by atoms with Gasteiger partial charge in [0.25, 0.3) is 0 Å². The SMILES string of the molecule is COCC(Cl)CN(C)c1nccc(C)c1Br. The molecule has 0 fully saturated rings. The lowest BCUT2D eigenvalue weighted by Gasteiger charge is -2.22. The number of methoxy groups -OCH3 is 1. The number of aryl methyl sites for hydroxylation is 1. The van der Waals surface area contributed by atoms with Crippen molar-refractivity contribution in [2.45, 2.75) is 12.3 Å². The minimum absolute atomic E-state index is 0.0378. The fourth-order valence-corrected chi connectivity index (χ4v) is 2.28. The Morgan fingerprint density at radius 1 is 1.62 bits per heavy atom. The Bertz CT molecular complexity index is 349. The number of alkyl halides is 1. The van der Waals surface area contributed by atoms with Gasteiger partial charge < -0.3 is 9.64 Å². The van der Waals surface area contributed by atoms with Crippen LogP contribution in [0.1, 0.15) is 5.56 Å². The normalized spacial score (nSPS) is 12.6. The summed E-state index contributed by atoms with van der Waals surface area (Å²) in [7, 11) is 3.62. The zero-order valence-corrected chi connectivity index (χ0v) is 12.0. The molecule has 1 aromatic rings. The predicted molar refractivity (Wildman–Crippen MR) is 71.5 cm³/mol. The monoisotopic (exact) mass is 306 g/mol. The van der Waals surface area contributed by atoms with Gasteiger partial charge in [-0.25, -0.2) is 4.98 Å². The van der Waals surface area contributed by atoms with Crippen LogP contribution in [0, 0.1) is 6.92 Å². The molecule has 3 nitrogen and oxygen atoms in total. The van der Waals surface area contributed by atoms with E-state index in [0.29, 0.717) is 13.2 Å². The molecule has 0 radical (unpaired) electrons. The van der Waals surface area contributed by atoms with Gasteiger partial charge >= 0.3 is 0 Å². The molecule has 0 spiro atoms. The molecular formula is C11H16BrClN2O. The lowest BCUT2D eigenvalue weighted by atomic mass is 10.3. The Labute approximate surface area is 110 Å². The third kappa shape index (κ3) is 3.61. The average Bonchev–Trinajstić information content (AvgIpc) is 2.22. The van der Waals surface area contributed by atoms with E-state index in [1.54, 1.807) is 13.3 Å². The van der Waals surface area contributed by atoms with Crippen LogP contribution >= 0.6 is 27.5 Å². The Kier molecular flexibility index (Phi) is 5.52. The van der Waals surface area contributed by atoms with E-state index in [2.05, 4.69) is 20.9 Å². The molecule has 0 amide bonds. The zero-order valence-electron chi connectivity index (χ0n) is 9.70. The molecule has 1 rings (SSSR count). The standard InChI is InChI=1S/C11H16BrClN2O/c1-8-4-5-14-11(10(8)12)15(2)6-9(13)7-16-3/h4-5,9H,6-7H2,1-3H3. The summed E-state index contributed by atoms with van der Waals surface area (Å²) >= 11 is 9.64. The van der Waals surface area contributed by atoms with E-state index >= 15 is 0 Å². The van der Waals surface area contributed by atoms with Crippen LogP contribution in [0.25, 0.3) is 0 Å². The van der Waals surface area contributed by atoms with Gasteiger partial charge in [-0.1, -0.05) is 0 Å². The van der Waals surface area contributed by atoms with Crippen LogP contribution in [-0.2, 0) is 4.74 Å². The zero-order chi connectivity index (χ0) is 12.1. The predicted octanol–water partition coefficient (Wildman–Crippen LogP) is 2.84. The molecule has 1 aromatic heterocycles. The first-order chi connectivity index (χ1) is 7.56. The van der Waals surface area contributed by atoms with Crippen LogP contribution in [0.15, 0.2) is 16.7 Å².